The summed E-state index contributed by atoms with van der Waals surface area (Å²) in [5.74, 6) is 1.10. The summed E-state index contributed by atoms with van der Waals surface area (Å²) in [6.07, 6.45) is -0.0581. The van der Waals surface area contributed by atoms with E-state index in [0.29, 0.717) is 18.7 Å². The minimum absolute atomic E-state index is 0.0581. The van der Waals surface area contributed by atoms with Crippen molar-refractivity contribution in [2.45, 2.75) is 16.9 Å². The van der Waals surface area contributed by atoms with Gasteiger partial charge >= 0.3 is 0 Å². The van der Waals surface area contributed by atoms with Gasteiger partial charge in [0.15, 0.2) is 0 Å². The third kappa shape index (κ3) is 3.22. The van der Waals surface area contributed by atoms with Gasteiger partial charge in [0.05, 0.1) is 12.5 Å². The van der Waals surface area contributed by atoms with E-state index in [0.717, 1.165) is 22.0 Å². The number of para-hydroxylation sites is 1. The lowest BCUT2D eigenvalue weighted by Crippen LogP contribution is -2.45. The molecule has 2 amide bonds. The molecule has 2 heterocycles. The van der Waals surface area contributed by atoms with Crippen molar-refractivity contribution in [2.24, 2.45) is 0 Å². The number of benzene rings is 2. The summed E-state index contributed by atoms with van der Waals surface area (Å²) in [6.45, 7) is 0.775. The fourth-order valence-corrected chi connectivity index (χ4v) is 4.13. The van der Waals surface area contributed by atoms with Crippen LogP contribution in [0.15, 0.2) is 53.4 Å². The van der Waals surface area contributed by atoms with Crippen LogP contribution < -0.4 is 15.4 Å². The van der Waals surface area contributed by atoms with E-state index in [2.05, 4.69) is 10.6 Å². The molecule has 25 heavy (non-hydrogen) atoms. The summed E-state index contributed by atoms with van der Waals surface area (Å²) in [4.78, 5) is 25.7. The molecule has 2 atom stereocenters. The molecule has 2 aliphatic heterocycles. The first-order valence-corrected chi connectivity index (χ1v) is 9.24. The zero-order valence-electron chi connectivity index (χ0n) is 13.5. The van der Waals surface area contributed by atoms with Crippen molar-refractivity contribution in [3.63, 3.8) is 0 Å². The highest BCUT2D eigenvalue weighted by Crippen LogP contribution is 2.34. The van der Waals surface area contributed by atoms with Crippen LogP contribution in [-0.2, 0) is 4.79 Å². The zero-order valence-corrected chi connectivity index (χ0v) is 14.3. The Labute approximate surface area is 150 Å². The summed E-state index contributed by atoms with van der Waals surface area (Å²) in [5.41, 5.74) is 1.36. The summed E-state index contributed by atoms with van der Waals surface area (Å²) >= 11 is 1.74. The number of hydrogen-bond acceptors (Lipinski definition) is 4. The van der Waals surface area contributed by atoms with Crippen LogP contribution in [0.1, 0.15) is 21.8 Å². The second-order valence-corrected chi connectivity index (χ2v) is 7.15. The van der Waals surface area contributed by atoms with E-state index in [9.17, 15) is 9.59 Å². The number of thioether (sulfide) groups is 1. The molecule has 0 spiro atoms. The molecule has 0 bridgehead atoms. The first-order chi connectivity index (χ1) is 12.2. The van der Waals surface area contributed by atoms with Gasteiger partial charge in [-0.1, -0.05) is 30.3 Å². The SMILES string of the molecule is O=C1NCC(C(=O)NCC2CSc3ccccc3O2)c2ccccc21. The molecule has 0 aromatic heterocycles. The van der Waals surface area contributed by atoms with Gasteiger partial charge in [-0.05, 0) is 23.8 Å². The molecule has 0 radical (unpaired) electrons. The van der Waals surface area contributed by atoms with Crippen molar-refractivity contribution in [2.75, 3.05) is 18.8 Å². The summed E-state index contributed by atoms with van der Waals surface area (Å²) in [6, 6.07) is 15.2. The highest BCUT2D eigenvalue weighted by atomic mass is 32.2. The lowest BCUT2D eigenvalue weighted by atomic mass is 9.90. The van der Waals surface area contributed by atoms with Crippen LogP contribution in [0.4, 0.5) is 0 Å². The maximum atomic E-state index is 12.6. The summed E-state index contributed by atoms with van der Waals surface area (Å²) in [7, 11) is 0. The van der Waals surface area contributed by atoms with Crippen molar-refractivity contribution < 1.29 is 14.3 Å². The van der Waals surface area contributed by atoms with Gasteiger partial charge in [0.1, 0.15) is 11.9 Å². The van der Waals surface area contributed by atoms with Gasteiger partial charge in [-0.2, -0.15) is 0 Å². The molecule has 2 aliphatic rings. The van der Waals surface area contributed by atoms with Crippen molar-refractivity contribution in [1.82, 2.24) is 10.6 Å². The molecule has 5 nitrogen and oxygen atoms in total. The Bertz CT molecular complexity index is 824. The molecule has 2 N–H and O–H groups in total. The normalized spacial score (nSPS) is 21.4. The molecule has 4 rings (SSSR count). The Balaban J connectivity index is 1.40. The smallest absolute Gasteiger partial charge is 0.251 e. The van der Waals surface area contributed by atoms with Gasteiger partial charge < -0.3 is 15.4 Å². The van der Waals surface area contributed by atoms with Crippen LogP contribution in [0.2, 0.25) is 0 Å². The molecule has 2 aromatic carbocycles. The van der Waals surface area contributed by atoms with Crippen LogP contribution in [0.25, 0.3) is 0 Å². The predicted octanol–water partition coefficient (Wildman–Crippen LogP) is 2.18. The van der Waals surface area contributed by atoms with Crippen LogP contribution >= 0.6 is 11.8 Å². The van der Waals surface area contributed by atoms with E-state index in [1.165, 1.54) is 0 Å². The second-order valence-electron chi connectivity index (χ2n) is 6.09. The van der Waals surface area contributed by atoms with Crippen LogP contribution in [0.5, 0.6) is 5.75 Å². The quantitative estimate of drug-likeness (QED) is 0.887. The Kier molecular flexibility index (Phi) is 4.36. The number of carbonyl (C=O) groups is 2. The number of carbonyl (C=O) groups excluding carboxylic acids is 2. The first-order valence-electron chi connectivity index (χ1n) is 8.25. The van der Waals surface area contributed by atoms with Gasteiger partial charge in [-0.3, -0.25) is 9.59 Å². The van der Waals surface area contributed by atoms with E-state index in [1.54, 1.807) is 17.8 Å². The van der Waals surface area contributed by atoms with E-state index >= 15 is 0 Å². The Morgan fingerprint density at radius 2 is 2.00 bits per heavy atom. The highest BCUT2D eigenvalue weighted by Gasteiger charge is 2.30. The molecule has 128 valence electrons. The van der Waals surface area contributed by atoms with E-state index in [1.807, 2.05) is 42.5 Å². The topological polar surface area (TPSA) is 67.4 Å². The molecule has 0 fully saturated rings. The monoisotopic (exact) mass is 354 g/mol. The minimum Gasteiger partial charge on any atom is -0.487 e. The Morgan fingerprint density at radius 1 is 1.20 bits per heavy atom. The molecular formula is C19H18N2O3S. The molecular weight excluding hydrogens is 336 g/mol. The zero-order chi connectivity index (χ0) is 17.2. The maximum Gasteiger partial charge on any atom is 0.251 e. The highest BCUT2D eigenvalue weighted by molar-refractivity contribution is 7.99. The minimum atomic E-state index is -0.363. The average Bonchev–Trinajstić information content (AvgIpc) is 2.66. The predicted molar refractivity (Wildman–Crippen MR) is 96.1 cm³/mol. The lowest BCUT2D eigenvalue weighted by Gasteiger charge is -2.28. The molecule has 0 saturated carbocycles. The summed E-state index contributed by atoms with van der Waals surface area (Å²) < 4.78 is 5.95. The van der Waals surface area contributed by atoms with Gasteiger partial charge in [0.2, 0.25) is 5.91 Å². The second kappa shape index (κ2) is 6.80. The van der Waals surface area contributed by atoms with E-state index < -0.39 is 0 Å². The summed E-state index contributed by atoms with van der Waals surface area (Å²) in [5, 5.41) is 5.77. The molecule has 0 aliphatic carbocycles. The number of ether oxygens (including phenoxy) is 1. The van der Waals surface area contributed by atoms with Gasteiger partial charge in [-0.15, -0.1) is 11.8 Å². The number of fused-ring (bicyclic) bond motifs is 2. The van der Waals surface area contributed by atoms with Crippen molar-refractivity contribution in [3.05, 3.63) is 59.7 Å². The largest absolute Gasteiger partial charge is 0.487 e. The standard InChI is InChI=1S/C19H18N2O3S/c22-18-14-6-2-1-5-13(14)15(10-21-18)19(23)20-9-12-11-25-17-8-4-3-7-16(17)24-12/h1-8,12,15H,9-11H2,(H,20,23)(H,21,22). The van der Waals surface area contributed by atoms with Crippen LogP contribution in [0.3, 0.4) is 0 Å². The number of rotatable bonds is 3. The van der Waals surface area contributed by atoms with Gasteiger partial charge in [-0.25, -0.2) is 0 Å². The van der Waals surface area contributed by atoms with Crippen molar-refractivity contribution in [1.29, 1.82) is 0 Å². The molecule has 6 heteroatoms. The number of amides is 2. The maximum absolute atomic E-state index is 12.6. The third-order valence-corrected chi connectivity index (χ3v) is 5.62. The Hall–Kier alpha value is -2.47. The fraction of sp³-hybridized carbons (Fsp3) is 0.263. The van der Waals surface area contributed by atoms with Crippen LogP contribution in [-0.4, -0.2) is 36.8 Å². The fourth-order valence-electron chi connectivity index (χ4n) is 3.14. The average molecular weight is 354 g/mol. The van der Waals surface area contributed by atoms with Gasteiger partial charge in [0, 0.05) is 22.8 Å². The van der Waals surface area contributed by atoms with Crippen molar-refractivity contribution >= 4 is 23.6 Å². The van der Waals surface area contributed by atoms with E-state index in [-0.39, 0.29) is 23.8 Å². The molecule has 2 unspecified atom stereocenters. The number of nitrogens with one attached hydrogen (secondary N) is 2. The Morgan fingerprint density at radius 3 is 2.92 bits per heavy atom. The van der Waals surface area contributed by atoms with Gasteiger partial charge in [0.25, 0.3) is 5.91 Å². The lowest BCUT2D eigenvalue weighted by molar-refractivity contribution is -0.122. The molecule has 0 saturated heterocycles. The van der Waals surface area contributed by atoms with E-state index in [4.69, 9.17) is 4.74 Å². The third-order valence-electron chi connectivity index (χ3n) is 4.44. The number of hydrogen-bond donors (Lipinski definition) is 2. The van der Waals surface area contributed by atoms with Crippen LogP contribution in [0, 0.1) is 0 Å². The van der Waals surface area contributed by atoms with Crippen molar-refractivity contribution in [3.8, 4) is 5.75 Å². The molecule has 2 aromatic rings. The first kappa shape index (κ1) is 16.0.